The molecule has 1 aromatic heterocycles. The number of para-hydroxylation sites is 1. The zero-order valence-corrected chi connectivity index (χ0v) is 22.5. The van der Waals surface area contributed by atoms with Crippen molar-refractivity contribution in [2.24, 2.45) is 5.41 Å². The maximum atomic E-state index is 13.5. The maximum absolute atomic E-state index is 13.5. The Morgan fingerprint density at radius 3 is 2.56 bits per heavy atom. The minimum absolute atomic E-state index is 0.0187. The molecule has 4 N–H and O–H groups in total. The smallest absolute Gasteiger partial charge is 0.337 e. The van der Waals surface area contributed by atoms with E-state index in [1.807, 2.05) is 35.2 Å². The number of nitrogens with one attached hydrogen (secondary N) is 1. The summed E-state index contributed by atoms with van der Waals surface area (Å²) in [6.07, 6.45) is 3.82. The van der Waals surface area contributed by atoms with E-state index in [0.717, 1.165) is 12.8 Å². The number of carboxylic acid groups (broad SMARTS) is 1. The standard InChI is InChI=1S/C27H32N6O5S/c1-27(9-10-27)18-38-24-23(17-29-33(25(24)34)20-5-3-2-4-6-20)31-11-13-32(14-12-31)39(37)30-16-19-7-8-22(28)21(15-19)26(35)36/h2-8,15,17,30H,9-14,16,18,28H2,1H3,(H,35,36). The summed E-state index contributed by atoms with van der Waals surface area (Å²) in [6.45, 7) is 4.88. The van der Waals surface area contributed by atoms with Crippen LogP contribution in [0.5, 0.6) is 5.75 Å². The lowest BCUT2D eigenvalue weighted by Gasteiger charge is -2.35. The number of nitrogens with two attached hydrogens (primary N) is 1. The van der Waals surface area contributed by atoms with Crippen LogP contribution in [0.25, 0.3) is 5.69 Å². The molecule has 1 aliphatic heterocycles. The van der Waals surface area contributed by atoms with Crippen LogP contribution in [0.4, 0.5) is 11.4 Å². The van der Waals surface area contributed by atoms with Gasteiger partial charge in [0.05, 0.1) is 43.7 Å². The van der Waals surface area contributed by atoms with Gasteiger partial charge in [0.25, 0.3) is 0 Å². The highest BCUT2D eigenvalue weighted by Gasteiger charge is 2.39. The van der Waals surface area contributed by atoms with Crippen LogP contribution in [0.2, 0.25) is 0 Å². The first-order valence-electron chi connectivity index (χ1n) is 12.8. The Hall–Kier alpha value is -3.58. The zero-order chi connectivity index (χ0) is 27.6. The summed E-state index contributed by atoms with van der Waals surface area (Å²) in [4.78, 5) is 26.9. The summed E-state index contributed by atoms with van der Waals surface area (Å²) in [6, 6.07) is 14.0. The molecule has 1 unspecified atom stereocenters. The molecule has 0 radical (unpaired) electrons. The third kappa shape index (κ3) is 6.19. The van der Waals surface area contributed by atoms with Gasteiger partial charge in [-0.15, -0.1) is 9.03 Å². The molecule has 1 atom stereocenters. The van der Waals surface area contributed by atoms with E-state index in [9.17, 15) is 19.2 Å². The second-order valence-electron chi connectivity index (χ2n) is 10.2. The number of hydrogen-bond donors (Lipinski definition) is 3. The van der Waals surface area contributed by atoms with E-state index in [0.29, 0.717) is 49.7 Å². The number of anilines is 2. The van der Waals surface area contributed by atoms with E-state index in [2.05, 4.69) is 16.7 Å². The number of nitrogens with zero attached hydrogens (tertiary/aromatic N) is 4. The number of aromatic nitrogens is 2. The van der Waals surface area contributed by atoms with Crippen molar-refractivity contribution in [3.05, 3.63) is 76.2 Å². The van der Waals surface area contributed by atoms with E-state index in [1.54, 1.807) is 16.6 Å². The highest BCUT2D eigenvalue weighted by atomic mass is 32.2. The number of carbonyl (C=O) groups is 1. The third-order valence-electron chi connectivity index (χ3n) is 7.15. The number of rotatable bonds is 10. The van der Waals surface area contributed by atoms with Crippen molar-refractivity contribution in [2.75, 3.05) is 43.4 Å². The van der Waals surface area contributed by atoms with Crippen molar-refractivity contribution in [1.82, 2.24) is 18.8 Å². The lowest BCUT2D eigenvalue weighted by atomic mass is 10.1. The van der Waals surface area contributed by atoms with Gasteiger partial charge in [-0.05, 0) is 42.7 Å². The van der Waals surface area contributed by atoms with E-state index in [4.69, 9.17) is 10.5 Å². The first-order valence-corrected chi connectivity index (χ1v) is 13.9. The van der Waals surface area contributed by atoms with Gasteiger partial charge in [0.15, 0.2) is 0 Å². The van der Waals surface area contributed by atoms with Crippen molar-refractivity contribution in [2.45, 2.75) is 26.3 Å². The SMILES string of the molecule is CC1(COc2c(N3CCN([S+]([O-])NCc4ccc(N)c(C(=O)O)c4)CC3)cnn(-c3ccccc3)c2=O)CC1. The molecule has 1 saturated carbocycles. The van der Waals surface area contributed by atoms with E-state index < -0.39 is 17.5 Å². The van der Waals surface area contributed by atoms with Crippen molar-refractivity contribution in [3.63, 3.8) is 0 Å². The van der Waals surface area contributed by atoms with Crippen LogP contribution in [0.15, 0.2) is 59.5 Å². The van der Waals surface area contributed by atoms with E-state index >= 15 is 0 Å². The molecule has 5 rings (SSSR count). The zero-order valence-electron chi connectivity index (χ0n) is 21.7. The highest BCUT2D eigenvalue weighted by Crippen LogP contribution is 2.45. The number of carboxylic acids is 1. The monoisotopic (exact) mass is 552 g/mol. The quantitative estimate of drug-likeness (QED) is 0.252. The van der Waals surface area contributed by atoms with Crippen LogP contribution >= 0.6 is 0 Å². The first-order chi connectivity index (χ1) is 18.7. The Labute approximate surface area is 229 Å². The summed E-state index contributed by atoms with van der Waals surface area (Å²) in [5.41, 5.74) is 7.69. The highest BCUT2D eigenvalue weighted by molar-refractivity contribution is 7.87. The third-order valence-corrected chi connectivity index (χ3v) is 8.37. The Morgan fingerprint density at radius 2 is 1.90 bits per heavy atom. The molecule has 0 bridgehead atoms. The molecule has 2 aromatic carbocycles. The minimum Gasteiger partial charge on any atom is -0.579 e. The molecular weight excluding hydrogens is 520 g/mol. The van der Waals surface area contributed by atoms with Gasteiger partial charge in [-0.25, -0.2) is 4.79 Å². The molecule has 2 heterocycles. The van der Waals surface area contributed by atoms with Gasteiger partial charge >= 0.3 is 11.5 Å². The molecule has 3 aromatic rings. The van der Waals surface area contributed by atoms with Crippen molar-refractivity contribution < 1.29 is 19.2 Å². The molecule has 2 fully saturated rings. The number of aromatic carboxylic acids is 1. The Kier molecular flexibility index (Phi) is 7.80. The molecular formula is C27H32N6O5S. The largest absolute Gasteiger partial charge is 0.579 e. The Balaban J connectivity index is 1.26. The Bertz CT molecular complexity index is 1390. The van der Waals surface area contributed by atoms with Gasteiger partial charge in [-0.2, -0.15) is 9.78 Å². The summed E-state index contributed by atoms with van der Waals surface area (Å²) in [5.74, 6) is -0.820. The number of ether oxygens (including phenoxy) is 1. The molecule has 0 amide bonds. The van der Waals surface area contributed by atoms with Crippen LogP contribution in [0.1, 0.15) is 35.7 Å². The molecule has 39 heavy (non-hydrogen) atoms. The Morgan fingerprint density at radius 1 is 1.18 bits per heavy atom. The van der Waals surface area contributed by atoms with E-state index in [1.165, 1.54) is 16.8 Å². The molecule has 206 valence electrons. The first kappa shape index (κ1) is 27.0. The summed E-state index contributed by atoms with van der Waals surface area (Å²) in [7, 11) is 0. The number of benzene rings is 2. The summed E-state index contributed by atoms with van der Waals surface area (Å²) in [5, 5.41) is 13.7. The van der Waals surface area contributed by atoms with Crippen LogP contribution < -0.4 is 25.7 Å². The predicted octanol–water partition coefficient (Wildman–Crippen LogP) is 2.18. The van der Waals surface area contributed by atoms with Gasteiger partial charge in [0, 0.05) is 24.2 Å². The summed E-state index contributed by atoms with van der Waals surface area (Å²) >= 11 is -1.48. The molecule has 2 aliphatic rings. The van der Waals surface area contributed by atoms with Crippen LogP contribution in [-0.4, -0.2) is 62.5 Å². The lowest BCUT2D eigenvalue weighted by molar-refractivity contribution is 0.0698. The topological polar surface area (TPSA) is 149 Å². The number of piperazine rings is 1. The fourth-order valence-corrected chi connectivity index (χ4v) is 5.34. The molecule has 1 aliphatic carbocycles. The average Bonchev–Trinajstić information content (AvgIpc) is 3.69. The lowest BCUT2D eigenvalue weighted by Crippen LogP contribution is -2.52. The molecule has 0 spiro atoms. The minimum atomic E-state index is -1.48. The van der Waals surface area contributed by atoms with Gasteiger partial charge < -0.3 is 25.0 Å². The van der Waals surface area contributed by atoms with Gasteiger partial charge in [-0.1, -0.05) is 31.2 Å². The summed E-state index contributed by atoms with van der Waals surface area (Å²) < 4.78 is 25.2. The molecule has 1 saturated heterocycles. The number of hydrogen-bond acceptors (Lipinski definition) is 9. The maximum Gasteiger partial charge on any atom is 0.337 e. The normalized spacial score (nSPS) is 17.5. The second-order valence-corrected chi connectivity index (χ2v) is 11.5. The van der Waals surface area contributed by atoms with Crippen LogP contribution in [0, 0.1) is 5.41 Å². The van der Waals surface area contributed by atoms with Gasteiger partial charge in [0.1, 0.15) is 17.2 Å². The van der Waals surface area contributed by atoms with E-state index in [-0.39, 0.29) is 34.5 Å². The predicted molar refractivity (Wildman–Crippen MR) is 149 cm³/mol. The number of nitrogen functional groups attached to an aromatic ring is 1. The fraction of sp³-hybridized carbons (Fsp3) is 0.370. The molecule has 12 heteroatoms. The van der Waals surface area contributed by atoms with Crippen molar-refractivity contribution >= 4 is 28.9 Å². The van der Waals surface area contributed by atoms with Crippen LogP contribution in [-0.2, 0) is 18.1 Å². The van der Waals surface area contributed by atoms with Gasteiger partial charge in [-0.3, -0.25) is 4.79 Å². The fourth-order valence-electron chi connectivity index (χ4n) is 4.38. The average molecular weight is 553 g/mol. The van der Waals surface area contributed by atoms with Crippen molar-refractivity contribution in [1.29, 1.82) is 0 Å². The second kappa shape index (κ2) is 11.3. The molecule has 11 nitrogen and oxygen atoms in total. The van der Waals surface area contributed by atoms with Crippen molar-refractivity contribution in [3.8, 4) is 11.4 Å². The van der Waals surface area contributed by atoms with Crippen LogP contribution in [0.3, 0.4) is 0 Å². The van der Waals surface area contributed by atoms with Gasteiger partial charge in [0.2, 0.25) is 5.75 Å².